The zero-order valence-corrected chi connectivity index (χ0v) is 16.8. The fourth-order valence-corrected chi connectivity index (χ4v) is 4.33. The lowest BCUT2D eigenvalue weighted by atomic mass is 10.2. The standard InChI is InChI=1S/C19H20N4O2S2/c1-3-7-14-10-17(25)22-18(20-14)26-11-15-12-27-19(21-15)23(13(2)24)16-8-5-4-6-9-16/h4-6,8-10,12H,3,7,11H2,1-2H3,(H,20,22,25). The van der Waals surface area contributed by atoms with Crippen LogP contribution in [-0.2, 0) is 17.0 Å². The molecule has 0 spiro atoms. The van der Waals surface area contributed by atoms with E-state index in [-0.39, 0.29) is 11.5 Å². The van der Waals surface area contributed by atoms with Crippen LogP contribution in [0.15, 0.2) is 51.7 Å². The zero-order valence-electron chi connectivity index (χ0n) is 15.1. The molecule has 0 radical (unpaired) electrons. The van der Waals surface area contributed by atoms with Crippen molar-refractivity contribution >= 4 is 39.8 Å². The zero-order chi connectivity index (χ0) is 19.2. The molecule has 0 unspecified atom stereocenters. The monoisotopic (exact) mass is 400 g/mol. The van der Waals surface area contributed by atoms with Gasteiger partial charge in [-0.2, -0.15) is 0 Å². The maximum absolute atomic E-state index is 12.1. The molecule has 3 aromatic rings. The van der Waals surface area contributed by atoms with E-state index in [0.717, 1.165) is 29.9 Å². The third-order valence-electron chi connectivity index (χ3n) is 3.70. The number of aromatic nitrogens is 3. The van der Waals surface area contributed by atoms with Crippen LogP contribution in [0.25, 0.3) is 0 Å². The predicted molar refractivity (Wildman–Crippen MR) is 110 cm³/mol. The van der Waals surface area contributed by atoms with Crippen molar-refractivity contribution in [1.29, 1.82) is 0 Å². The van der Waals surface area contributed by atoms with E-state index in [2.05, 4.69) is 21.9 Å². The number of aromatic amines is 1. The molecule has 1 amide bonds. The summed E-state index contributed by atoms with van der Waals surface area (Å²) in [7, 11) is 0. The Labute approximate surface area is 165 Å². The van der Waals surface area contributed by atoms with Crippen molar-refractivity contribution in [2.45, 2.75) is 37.6 Å². The normalized spacial score (nSPS) is 10.7. The SMILES string of the molecule is CCCc1cc(=O)[nH]c(SCc2csc(N(C(C)=O)c3ccccc3)n2)n1. The Bertz CT molecular complexity index is 969. The van der Waals surface area contributed by atoms with Gasteiger partial charge in [0, 0.05) is 29.8 Å². The predicted octanol–water partition coefficient (Wildman–Crippen LogP) is 4.16. The van der Waals surface area contributed by atoms with Gasteiger partial charge in [-0.1, -0.05) is 43.3 Å². The fourth-order valence-electron chi connectivity index (χ4n) is 2.55. The second-order valence-corrected chi connectivity index (χ2v) is 7.69. The molecule has 0 saturated heterocycles. The number of amides is 1. The van der Waals surface area contributed by atoms with Crippen LogP contribution in [0.2, 0.25) is 0 Å². The summed E-state index contributed by atoms with van der Waals surface area (Å²) in [5.74, 6) is 0.475. The Kier molecular flexibility index (Phi) is 6.41. The molecule has 0 bridgehead atoms. The van der Waals surface area contributed by atoms with E-state index in [1.54, 1.807) is 11.0 Å². The number of carbonyl (C=O) groups is 1. The van der Waals surface area contributed by atoms with Gasteiger partial charge >= 0.3 is 0 Å². The highest BCUT2D eigenvalue weighted by Crippen LogP contribution is 2.30. The Balaban J connectivity index is 1.74. The molecule has 27 heavy (non-hydrogen) atoms. The van der Waals surface area contributed by atoms with Gasteiger partial charge in [0.25, 0.3) is 5.56 Å². The van der Waals surface area contributed by atoms with Crippen LogP contribution >= 0.6 is 23.1 Å². The van der Waals surface area contributed by atoms with Gasteiger partial charge in [0.15, 0.2) is 10.3 Å². The molecule has 0 aliphatic rings. The second kappa shape index (κ2) is 8.96. The summed E-state index contributed by atoms with van der Waals surface area (Å²) in [4.78, 5) is 37.3. The van der Waals surface area contributed by atoms with Gasteiger partial charge in [-0.05, 0) is 18.6 Å². The lowest BCUT2D eigenvalue weighted by Gasteiger charge is -2.17. The first-order valence-corrected chi connectivity index (χ1v) is 10.5. The molecule has 0 aliphatic carbocycles. The number of H-pyrrole nitrogens is 1. The third kappa shape index (κ3) is 5.05. The van der Waals surface area contributed by atoms with E-state index in [9.17, 15) is 9.59 Å². The van der Waals surface area contributed by atoms with E-state index in [4.69, 9.17) is 0 Å². The lowest BCUT2D eigenvalue weighted by molar-refractivity contribution is -0.115. The second-order valence-electron chi connectivity index (χ2n) is 5.89. The van der Waals surface area contributed by atoms with Crippen molar-refractivity contribution in [3.8, 4) is 0 Å². The topological polar surface area (TPSA) is 79.0 Å². The van der Waals surface area contributed by atoms with Crippen molar-refractivity contribution in [3.05, 3.63) is 63.5 Å². The molecule has 8 heteroatoms. The van der Waals surface area contributed by atoms with Crippen LogP contribution in [0.5, 0.6) is 0 Å². The Morgan fingerprint density at radius 3 is 2.70 bits per heavy atom. The highest BCUT2D eigenvalue weighted by Gasteiger charge is 2.17. The van der Waals surface area contributed by atoms with Gasteiger partial charge < -0.3 is 4.98 Å². The molecule has 0 saturated carbocycles. The summed E-state index contributed by atoms with van der Waals surface area (Å²) in [6, 6.07) is 11.0. The van der Waals surface area contributed by atoms with Crippen molar-refractivity contribution in [2.75, 3.05) is 4.90 Å². The number of rotatable bonds is 7. The molecule has 0 aliphatic heterocycles. The molecule has 0 atom stereocenters. The molecule has 3 rings (SSSR count). The summed E-state index contributed by atoms with van der Waals surface area (Å²) in [5, 5.41) is 3.15. The van der Waals surface area contributed by atoms with E-state index in [0.29, 0.717) is 16.0 Å². The average Bonchev–Trinajstić information content (AvgIpc) is 3.09. The first-order chi connectivity index (χ1) is 13.1. The molecular formula is C19H20N4O2S2. The van der Waals surface area contributed by atoms with Crippen LogP contribution in [-0.4, -0.2) is 20.9 Å². The molecule has 140 valence electrons. The van der Waals surface area contributed by atoms with Crippen LogP contribution in [0.4, 0.5) is 10.8 Å². The largest absolute Gasteiger partial charge is 0.301 e. The van der Waals surface area contributed by atoms with Crippen LogP contribution in [0.1, 0.15) is 31.7 Å². The quantitative estimate of drug-likeness (QED) is 0.476. The first-order valence-electron chi connectivity index (χ1n) is 8.60. The molecule has 2 aromatic heterocycles. The summed E-state index contributed by atoms with van der Waals surface area (Å²) < 4.78 is 0. The number of nitrogens with zero attached hydrogens (tertiary/aromatic N) is 3. The number of anilines is 2. The van der Waals surface area contributed by atoms with Crippen molar-refractivity contribution in [1.82, 2.24) is 15.0 Å². The minimum absolute atomic E-state index is 0.0898. The number of thioether (sulfide) groups is 1. The number of hydrogen-bond donors (Lipinski definition) is 1. The molecule has 0 fully saturated rings. The van der Waals surface area contributed by atoms with Gasteiger partial charge in [-0.3, -0.25) is 14.5 Å². The average molecular weight is 401 g/mol. The Morgan fingerprint density at radius 1 is 1.22 bits per heavy atom. The maximum atomic E-state index is 12.1. The number of para-hydroxylation sites is 1. The van der Waals surface area contributed by atoms with E-state index in [1.807, 2.05) is 35.7 Å². The highest BCUT2D eigenvalue weighted by atomic mass is 32.2. The van der Waals surface area contributed by atoms with Crippen molar-refractivity contribution < 1.29 is 4.79 Å². The number of hydrogen-bond acceptors (Lipinski definition) is 6. The van der Waals surface area contributed by atoms with E-state index in [1.165, 1.54) is 30.0 Å². The highest BCUT2D eigenvalue weighted by molar-refractivity contribution is 7.98. The summed E-state index contributed by atoms with van der Waals surface area (Å²) >= 11 is 2.85. The van der Waals surface area contributed by atoms with Gasteiger partial charge in [0.1, 0.15) is 0 Å². The number of nitrogens with one attached hydrogen (secondary N) is 1. The minimum atomic E-state index is -0.137. The van der Waals surface area contributed by atoms with Gasteiger partial charge in [0.05, 0.1) is 11.4 Å². The maximum Gasteiger partial charge on any atom is 0.251 e. The number of benzene rings is 1. The summed E-state index contributed by atoms with van der Waals surface area (Å²) in [6.07, 6.45) is 1.72. The Morgan fingerprint density at radius 2 is 2.00 bits per heavy atom. The van der Waals surface area contributed by atoms with E-state index >= 15 is 0 Å². The molecule has 1 N–H and O–H groups in total. The van der Waals surface area contributed by atoms with E-state index < -0.39 is 0 Å². The third-order valence-corrected chi connectivity index (χ3v) is 5.48. The minimum Gasteiger partial charge on any atom is -0.301 e. The van der Waals surface area contributed by atoms with Crippen molar-refractivity contribution in [2.24, 2.45) is 0 Å². The summed E-state index contributed by atoms with van der Waals surface area (Å²) in [5.41, 5.74) is 2.29. The van der Waals surface area contributed by atoms with Crippen LogP contribution < -0.4 is 10.5 Å². The van der Waals surface area contributed by atoms with Gasteiger partial charge in [0.2, 0.25) is 5.91 Å². The van der Waals surface area contributed by atoms with Crippen molar-refractivity contribution in [3.63, 3.8) is 0 Å². The molecular weight excluding hydrogens is 380 g/mol. The van der Waals surface area contributed by atoms with Gasteiger partial charge in [-0.25, -0.2) is 9.97 Å². The van der Waals surface area contributed by atoms with Crippen LogP contribution in [0, 0.1) is 0 Å². The van der Waals surface area contributed by atoms with Gasteiger partial charge in [-0.15, -0.1) is 11.3 Å². The Hall–Kier alpha value is -2.45. The molecule has 6 nitrogen and oxygen atoms in total. The molecule has 1 aromatic carbocycles. The summed E-state index contributed by atoms with van der Waals surface area (Å²) in [6.45, 7) is 3.58. The number of thiazole rings is 1. The number of aryl methyl sites for hydroxylation is 1. The lowest BCUT2D eigenvalue weighted by Crippen LogP contribution is -2.22. The first kappa shape index (κ1) is 19.3. The molecule has 2 heterocycles. The van der Waals surface area contributed by atoms with Crippen LogP contribution in [0.3, 0.4) is 0 Å². The smallest absolute Gasteiger partial charge is 0.251 e. The number of carbonyl (C=O) groups excluding carboxylic acids is 1. The fraction of sp³-hybridized carbons (Fsp3) is 0.263.